The smallest absolute Gasteiger partial charge is 0.326 e. The Labute approximate surface area is 92.9 Å². The zero-order valence-corrected chi connectivity index (χ0v) is 10.00. The molecular weight excluding hydrogens is 218 g/mol. The Hall–Kier alpha value is -0.750. The summed E-state index contributed by atoms with van der Waals surface area (Å²) < 4.78 is 5.99. The predicted molar refractivity (Wildman–Crippen MR) is 56.4 cm³/mol. The Morgan fingerprint density at radius 1 is 1.33 bits per heavy atom. The number of aliphatic carboxylic acids is 1. The number of rotatable bonds is 3. The summed E-state index contributed by atoms with van der Waals surface area (Å²) in [5.74, 6) is -1.47. The molecule has 0 aromatic rings. The van der Waals surface area contributed by atoms with E-state index in [4.69, 9.17) is 5.11 Å². The molecule has 1 rings (SSSR count). The molecule has 1 saturated heterocycles. The second kappa shape index (κ2) is 4.02. The van der Waals surface area contributed by atoms with Crippen LogP contribution in [0.4, 0.5) is 0 Å². The van der Waals surface area contributed by atoms with Gasteiger partial charge in [-0.25, -0.2) is 4.31 Å². The van der Waals surface area contributed by atoms with Gasteiger partial charge in [0.1, 0.15) is 12.1 Å². The number of ether oxygens (including phenoxy) is 1. The van der Waals surface area contributed by atoms with E-state index in [2.05, 4.69) is 4.74 Å². The Kier molecular flexibility index (Phi) is 3.30. The van der Waals surface area contributed by atoms with Crippen molar-refractivity contribution in [2.45, 2.75) is 37.6 Å². The molecule has 1 heterocycles. The number of hydrogen-bond donors (Lipinski definition) is 1. The van der Waals surface area contributed by atoms with Gasteiger partial charge in [-0.1, -0.05) is 11.9 Å². The first-order chi connectivity index (χ1) is 6.78. The Morgan fingerprint density at radius 2 is 1.87 bits per heavy atom. The van der Waals surface area contributed by atoms with Crippen LogP contribution < -0.4 is 0 Å². The fourth-order valence-electron chi connectivity index (χ4n) is 1.24. The molecule has 0 aliphatic carbocycles. The highest BCUT2D eigenvalue weighted by Crippen LogP contribution is 2.43. The summed E-state index contributed by atoms with van der Waals surface area (Å²) in [6.45, 7) is 5.88. The summed E-state index contributed by atoms with van der Waals surface area (Å²) in [6.07, 6.45) is 0. The minimum atomic E-state index is -0.984. The van der Waals surface area contributed by atoms with Gasteiger partial charge in [-0.2, -0.15) is 0 Å². The molecule has 1 aliphatic rings. The van der Waals surface area contributed by atoms with E-state index in [1.807, 2.05) is 20.8 Å². The summed E-state index contributed by atoms with van der Waals surface area (Å²) in [4.78, 5) is 22.1. The van der Waals surface area contributed by atoms with Crippen LogP contribution in [-0.2, 0) is 14.3 Å². The molecule has 1 aliphatic heterocycles. The Morgan fingerprint density at radius 3 is 2.20 bits per heavy atom. The average Bonchev–Trinajstić information content (AvgIpc) is 2.74. The van der Waals surface area contributed by atoms with Gasteiger partial charge in [0.2, 0.25) is 0 Å². The number of carbonyl (C=O) groups is 2. The van der Waals surface area contributed by atoms with Crippen molar-refractivity contribution in [3.05, 3.63) is 0 Å². The van der Waals surface area contributed by atoms with E-state index < -0.39 is 24.0 Å². The molecule has 6 heteroatoms. The maximum atomic E-state index is 11.2. The third kappa shape index (κ3) is 2.85. The molecule has 0 bridgehead atoms. The maximum absolute atomic E-state index is 11.2. The van der Waals surface area contributed by atoms with E-state index in [-0.39, 0.29) is 4.75 Å². The minimum absolute atomic E-state index is 0.115. The number of hydrogen-bond acceptors (Lipinski definition) is 5. The molecule has 3 atom stereocenters. The summed E-state index contributed by atoms with van der Waals surface area (Å²) in [5.41, 5.74) is 0. The molecule has 5 nitrogen and oxygen atoms in total. The van der Waals surface area contributed by atoms with Crippen LogP contribution in [0.25, 0.3) is 0 Å². The molecule has 1 fully saturated rings. The summed E-state index contributed by atoms with van der Waals surface area (Å²) >= 11 is 1.36. The van der Waals surface area contributed by atoms with Crippen LogP contribution in [0.5, 0.6) is 0 Å². The van der Waals surface area contributed by atoms with E-state index in [0.717, 1.165) is 0 Å². The Bertz CT molecular complexity index is 286. The van der Waals surface area contributed by atoms with Crippen molar-refractivity contribution in [2.24, 2.45) is 0 Å². The van der Waals surface area contributed by atoms with Crippen LogP contribution in [-0.4, -0.2) is 45.3 Å². The highest BCUT2D eigenvalue weighted by Gasteiger charge is 2.60. The van der Waals surface area contributed by atoms with Gasteiger partial charge < -0.3 is 9.84 Å². The SMILES string of the molecule is COC(=O)[C@@H]1[C@H](C(=O)O)N1SC(C)(C)C. The molecule has 1 unspecified atom stereocenters. The van der Waals surface area contributed by atoms with Crippen molar-refractivity contribution >= 4 is 23.9 Å². The van der Waals surface area contributed by atoms with Gasteiger partial charge >= 0.3 is 11.9 Å². The monoisotopic (exact) mass is 233 g/mol. The molecule has 1 N–H and O–H groups in total. The lowest BCUT2D eigenvalue weighted by Crippen LogP contribution is -2.16. The zero-order valence-electron chi connectivity index (χ0n) is 9.18. The van der Waals surface area contributed by atoms with Crippen LogP contribution >= 0.6 is 11.9 Å². The molecule has 0 spiro atoms. The van der Waals surface area contributed by atoms with E-state index >= 15 is 0 Å². The number of carbonyl (C=O) groups excluding carboxylic acids is 1. The second-order valence-corrected chi connectivity index (χ2v) is 6.14. The van der Waals surface area contributed by atoms with Crippen LogP contribution in [0.1, 0.15) is 20.8 Å². The van der Waals surface area contributed by atoms with Crippen molar-refractivity contribution < 1.29 is 19.4 Å². The lowest BCUT2D eigenvalue weighted by Gasteiger charge is -2.17. The zero-order chi connectivity index (χ0) is 11.8. The fourth-order valence-corrected chi connectivity index (χ4v) is 2.45. The molecule has 0 amide bonds. The fraction of sp³-hybridized carbons (Fsp3) is 0.778. The first-order valence-corrected chi connectivity index (χ1v) is 5.33. The van der Waals surface area contributed by atoms with Gasteiger partial charge in [0.25, 0.3) is 0 Å². The average molecular weight is 233 g/mol. The molecule has 0 radical (unpaired) electrons. The Balaban J connectivity index is 2.66. The first-order valence-electron chi connectivity index (χ1n) is 4.56. The molecule has 86 valence electrons. The van der Waals surface area contributed by atoms with E-state index in [0.29, 0.717) is 0 Å². The van der Waals surface area contributed by atoms with E-state index in [1.54, 1.807) is 4.31 Å². The van der Waals surface area contributed by atoms with Crippen molar-refractivity contribution in [1.29, 1.82) is 0 Å². The molecular formula is C9H15NO4S. The van der Waals surface area contributed by atoms with Crippen LogP contribution in [0.2, 0.25) is 0 Å². The standard InChI is InChI=1S/C9H15NO4S/c1-9(2,3)15-10-5(7(11)12)6(10)8(13)14-4/h5-6H,1-4H3,(H,11,12)/t5-,6+,10?/m1/s1. The third-order valence-corrected chi connectivity index (χ3v) is 3.05. The van der Waals surface area contributed by atoms with Crippen molar-refractivity contribution in [2.75, 3.05) is 7.11 Å². The predicted octanol–water partition coefficient (Wildman–Crippen LogP) is 0.743. The lowest BCUT2D eigenvalue weighted by atomic mass is 10.3. The van der Waals surface area contributed by atoms with Gasteiger partial charge in [0.15, 0.2) is 0 Å². The molecule has 0 aromatic carbocycles. The second-order valence-electron chi connectivity index (χ2n) is 4.31. The largest absolute Gasteiger partial charge is 0.480 e. The molecule has 0 aromatic heterocycles. The summed E-state index contributed by atoms with van der Waals surface area (Å²) in [5, 5.41) is 8.87. The van der Waals surface area contributed by atoms with Gasteiger partial charge in [-0.15, -0.1) is 0 Å². The van der Waals surface area contributed by atoms with Crippen molar-refractivity contribution in [3.63, 3.8) is 0 Å². The number of carboxylic acids is 1. The highest BCUT2D eigenvalue weighted by molar-refractivity contribution is 7.98. The van der Waals surface area contributed by atoms with Gasteiger partial charge in [0.05, 0.1) is 7.11 Å². The number of carboxylic acid groups (broad SMARTS) is 1. The number of nitrogens with zero attached hydrogens (tertiary/aromatic N) is 1. The van der Waals surface area contributed by atoms with Crippen LogP contribution in [0.3, 0.4) is 0 Å². The maximum Gasteiger partial charge on any atom is 0.326 e. The highest BCUT2D eigenvalue weighted by atomic mass is 32.2. The van der Waals surface area contributed by atoms with Gasteiger partial charge in [0, 0.05) is 4.75 Å². The van der Waals surface area contributed by atoms with Crippen LogP contribution in [0, 0.1) is 0 Å². The summed E-state index contributed by atoms with van der Waals surface area (Å²) in [6, 6.07) is -1.39. The first kappa shape index (κ1) is 12.3. The third-order valence-electron chi connectivity index (χ3n) is 1.83. The summed E-state index contributed by atoms with van der Waals surface area (Å²) in [7, 11) is 1.26. The van der Waals surface area contributed by atoms with Gasteiger partial charge in [-0.05, 0) is 20.8 Å². The molecule has 0 saturated carbocycles. The molecule has 15 heavy (non-hydrogen) atoms. The van der Waals surface area contributed by atoms with Crippen LogP contribution in [0.15, 0.2) is 0 Å². The van der Waals surface area contributed by atoms with E-state index in [9.17, 15) is 9.59 Å². The topological polar surface area (TPSA) is 66.6 Å². The van der Waals surface area contributed by atoms with Crippen molar-refractivity contribution in [1.82, 2.24) is 4.31 Å². The van der Waals surface area contributed by atoms with E-state index in [1.165, 1.54) is 19.1 Å². The minimum Gasteiger partial charge on any atom is -0.480 e. The number of esters is 1. The normalized spacial score (nSPS) is 29.7. The van der Waals surface area contributed by atoms with Crippen molar-refractivity contribution in [3.8, 4) is 0 Å². The van der Waals surface area contributed by atoms with Gasteiger partial charge in [-0.3, -0.25) is 9.59 Å². The lowest BCUT2D eigenvalue weighted by molar-refractivity contribution is -0.143. The number of methoxy groups -OCH3 is 1. The quantitative estimate of drug-likeness (QED) is 0.440.